The minimum Gasteiger partial charge on any atom is -0.496 e. The molecular formula is C26H28N2O6S. The molecule has 0 amide bonds. The van der Waals surface area contributed by atoms with Gasteiger partial charge in [0.05, 0.1) is 43.7 Å². The molecular weight excluding hydrogens is 468 g/mol. The fraction of sp³-hybridized carbons (Fsp3) is 0.269. The van der Waals surface area contributed by atoms with E-state index in [1.165, 1.54) is 11.7 Å². The van der Waals surface area contributed by atoms with Gasteiger partial charge in [-0.1, -0.05) is 36.4 Å². The number of methoxy groups -OCH3 is 2. The van der Waals surface area contributed by atoms with E-state index in [0.29, 0.717) is 40.5 Å². The number of H-pyrrole nitrogens is 1. The lowest BCUT2D eigenvalue weighted by Crippen LogP contribution is -2.28. The van der Waals surface area contributed by atoms with Gasteiger partial charge in [-0.25, -0.2) is 13.2 Å². The van der Waals surface area contributed by atoms with Crippen LogP contribution in [0, 0.1) is 0 Å². The number of ether oxygens (including phenoxy) is 3. The lowest BCUT2D eigenvalue weighted by atomic mass is 10.0. The van der Waals surface area contributed by atoms with Crippen LogP contribution in [0.25, 0.3) is 22.2 Å². The molecule has 1 N–H and O–H groups in total. The average molecular weight is 497 g/mol. The minimum absolute atomic E-state index is 0.267. The summed E-state index contributed by atoms with van der Waals surface area (Å²) in [7, 11) is -0.334. The molecule has 4 rings (SSSR count). The number of hydrogen-bond donors (Lipinski definition) is 1. The topological polar surface area (TPSA) is 99.6 Å². The van der Waals surface area contributed by atoms with Crippen molar-refractivity contribution in [2.75, 3.05) is 32.8 Å². The number of benzene rings is 3. The van der Waals surface area contributed by atoms with Crippen molar-refractivity contribution in [3.8, 4) is 28.4 Å². The molecule has 0 saturated heterocycles. The van der Waals surface area contributed by atoms with Crippen LogP contribution in [0.1, 0.15) is 18.5 Å². The van der Waals surface area contributed by atoms with Gasteiger partial charge >= 0.3 is 5.69 Å². The van der Waals surface area contributed by atoms with Crippen molar-refractivity contribution in [3.63, 3.8) is 0 Å². The smallest absolute Gasteiger partial charge is 0.327 e. The highest BCUT2D eigenvalue weighted by molar-refractivity contribution is 7.90. The standard InChI is InChI=1S/C26H28N2O6S/c1-5-34-24-15-17(13-14-23(24)33-3)21(16-35(4,30)31)28-20-11-8-10-19(25(20)27-26(28)29)18-9-6-7-12-22(18)32-2/h6-15,21H,5,16H2,1-4H3,(H,27,29)/t21-/m0/s1. The molecule has 0 spiro atoms. The van der Waals surface area contributed by atoms with Gasteiger partial charge < -0.3 is 19.2 Å². The molecule has 0 unspecified atom stereocenters. The monoisotopic (exact) mass is 496 g/mol. The number of nitrogens with zero attached hydrogens (tertiary/aromatic N) is 1. The Kier molecular flexibility index (Phi) is 6.88. The molecule has 35 heavy (non-hydrogen) atoms. The van der Waals surface area contributed by atoms with Crippen LogP contribution in [0.5, 0.6) is 17.2 Å². The third-order valence-corrected chi connectivity index (χ3v) is 6.72. The van der Waals surface area contributed by atoms with Gasteiger partial charge in [0.1, 0.15) is 15.6 Å². The molecule has 1 atom stereocenters. The first-order chi connectivity index (χ1) is 16.8. The van der Waals surface area contributed by atoms with E-state index in [4.69, 9.17) is 14.2 Å². The van der Waals surface area contributed by atoms with Crippen LogP contribution in [0.3, 0.4) is 0 Å². The molecule has 184 valence electrons. The summed E-state index contributed by atoms with van der Waals surface area (Å²) in [6.45, 7) is 2.26. The maximum Gasteiger partial charge on any atom is 0.327 e. The van der Waals surface area contributed by atoms with E-state index >= 15 is 0 Å². The highest BCUT2D eigenvalue weighted by atomic mass is 32.2. The zero-order valence-electron chi connectivity index (χ0n) is 20.1. The second kappa shape index (κ2) is 9.87. The number of hydrogen-bond acceptors (Lipinski definition) is 6. The summed E-state index contributed by atoms with van der Waals surface area (Å²) in [5, 5.41) is 0. The maximum absolute atomic E-state index is 13.3. The van der Waals surface area contributed by atoms with Crippen molar-refractivity contribution in [3.05, 3.63) is 76.7 Å². The second-order valence-electron chi connectivity index (χ2n) is 8.15. The Balaban J connectivity index is 1.96. The summed E-state index contributed by atoms with van der Waals surface area (Å²) >= 11 is 0. The van der Waals surface area contributed by atoms with Gasteiger partial charge in [-0.2, -0.15) is 0 Å². The molecule has 0 aliphatic rings. The molecule has 4 aromatic rings. The van der Waals surface area contributed by atoms with Gasteiger partial charge in [-0.15, -0.1) is 0 Å². The van der Waals surface area contributed by atoms with Crippen molar-refractivity contribution in [2.45, 2.75) is 13.0 Å². The molecule has 0 saturated carbocycles. The highest BCUT2D eigenvalue weighted by Crippen LogP contribution is 2.36. The number of sulfone groups is 1. The summed E-state index contributed by atoms with van der Waals surface area (Å²) in [6, 6.07) is 17.5. The van der Waals surface area contributed by atoms with E-state index < -0.39 is 21.6 Å². The first kappa shape index (κ1) is 24.4. The van der Waals surface area contributed by atoms with Gasteiger partial charge in [0.25, 0.3) is 0 Å². The molecule has 0 aliphatic carbocycles. The van der Waals surface area contributed by atoms with E-state index in [-0.39, 0.29) is 5.75 Å². The third kappa shape index (κ3) is 4.90. The predicted octanol–water partition coefficient (Wildman–Crippen LogP) is 4.05. The van der Waals surface area contributed by atoms with Crippen molar-refractivity contribution < 1.29 is 22.6 Å². The molecule has 3 aromatic carbocycles. The van der Waals surface area contributed by atoms with Crippen LogP contribution in [0.4, 0.5) is 0 Å². The van der Waals surface area contributed by atoms with Gasteiger partial charge in [0.2, 0.25) is 0 Å². The lowest BCUT2D eigenvalue weighted by Gasteiger charge is -2.20. The van der Waals surface area contributed by atoms with Gasteiger partial charge in [-0.3, -0.25) is 4.57 Å². The zero-order valence-corrected chi connectivity index (χ0v) is 20.9. The van der Waals surface area contributed by atoms with Gasteiger partial charge in [0.15, 0.2) is 11.5 Å². The minimum atomic E-state index is -3.46. The number of nitrogens with one attached hydrogen (secondary N) is 1. The van der Waals surface area contributed by atoms with Crippen molar-refractivity contribution in [2.24, 2.45) is 0 Å². The number of imidazole rings is 1. The number of rotatable bonds is 9. The zero-order chi connectivity index (χ0) is 25.2. The Morgan fingerprint density at radius 3 is 2.31 bits per heavy atom. The largest absolute Gasteiger partial charge is 0.496 e. The van der Waals surface area contributed by atoms with Crippen LogP contribution >= 0.6 is 0 Å². The maximum atomic E-state index is 13.3. The summed E-state index contributed by atoms with van der Waals surface area (Å²) in [4.78, 5) is 16.3. The fourth-order valence-corrected chi connectivity index (χ4v) is 5.24. The summed E-state index contributed by atoms with van der Waals surface area (Å²) in [5.41, 5.74) is 2.98. The van der Waals surface area contributed by atoms with E-state index in [1.807, 2.05) is 43.3 Å². The van der Waals surface area contributed by atoms with Crippen molar-refractivity contribution in [1.29, 1.82) is 0 Å². The summed E-state index contributed by atoms with van der Waals surface area (Å²) in [6.07, 6.45) is 1.16. The average Bonchev–Trinajstić information content (AvgIpc) is 3.17. The van der Waals surface area contributed by atoms with Crippen LogP contribution in [0.15, 0.2) is 65.5 Å². The van der Waals surface area contributed by atoms with Crippen molar-refractivity contribution in [1.82, 2.24) is 9.55 Å². The predicted molar refractivity (Wildman–Crippen MR) is 137 cm³/mol. The number of aromatic nitrogens is 2. The van der Waals surface area contributed by atoms with Crippen molar-refractivity contribution >= 4 is 20.9 Å². The van der Waals surface area contributed by atoms with E-state index in [9.17, 15) is 13.2 Å². The molecule has 8 nitrogen and oxygen atoms in total. The molecule has 9 heteroatoms. The first-order valence-electron chi connectivity index (χ1n) is 11.1. The molecule has 1 aromatic heterocycles. The van der Waals surface area contributed by atoms with E-state index in [1.54, 1.807) is 31.4 Å². The summed E-state index contributed by atoms with van der Waals surface area (Å²) < 4.78 is 43.0. The SMILES string of the molecule is CCOc1cc([C@H](CS(C)(=O)=O)n2c(=O)[nH]c3c(-c4ccccc4OC)cccc32)ccc1OC. The molecule has 0 aliphatic heterocycles. The number of para-hydroxylation sites is 2. The molecule has 0 radical (unpaired) electrons. The van der Waals surface area contributed by atoms with E-state index in [0.717, 1.165) is 17.4 Å². The Hall–Kier alpha value is -3.72. The fourth-order valence-electron chi connectivity index (χ4n) is 4.33. The number of fused-ring (bicyclic) bond motifs is 1. The molecule has 1 heterocycles. The Bertz CT molecular complexity index is 1520. The van der Waals surface area contributed by atoms with Crippen LogP contribution in [0.2, 0.25) is 0 Å². The van der Waals surface area contributed by atoms with Crippen LogP contribution in [-0.4, -0.2) is 50.8 Å². The normalized spacial score (nSPS) is 12.5. The van der Waals surface area contributed by atoms with Gasteiger partial charge in [0, 0.05) is 17.4 Å². The Morgan fingerprint density at radius 1 is 0.914 bits per heavy atom. The quantitative estimate of drug-likeness (QED) is 0.375. The third-order valence-electron chi connectivity index (χ3n) is 5.79. The molecule has 0 bridgehead atoms. The highest BCUT2D eigenvalue weighted by Gasteiger charge is 2.26. The Morgan fingerprint density at radius 2 is 1.63 bits per heavy atom. The van der Waals surface area contributed by atoms with Crippen LogP contribution in [-0.2, 0) is 9.84 Å². The lowest BCUT2D eigenvalue weighted by molar-refractivity contribution is 0.310. The summed E-state index contributed by atoms with van der Waals surface area (Å²) in [5.74, 6) is 1.40. The van der Waals surface area contributed by atoms with Crippen LogP contribution < -0.4 is 19.9 Å². The molecule has 0 fully saturated rings. The van der Waals surface area contributed by atoms with Gasteiger partial charge in [-0.05, 0) is 36.8 Å². The van der Waals surface area contributed by atoms with E-state index in [2.05, 4.69) is 4.98 Å². The Labute approximate surface area is 204 Å². The second-order valence-corrected chi connectivity index (χ2v) is 10.3. The first-order valence-corrected chi connectivity index (χ1v) is 13.2. The number of aromatic amines is 1.